The normalized spacial score (nSPS) is 11.4. The Morgan fingerprint density at radius 2 is 1.72 bits per heavy atom. The third-order valence-electron chi connectivity index (χ3n) is 2.65. The van der Waals surface area contributed by atoms with Crippen LogP contribution in [0.3, 0.4) is 0 Å². The molecule has 0 heterocycles. The molecule has 0 radical (unpaired) electrons. The van der Waals surface area contributed by atoms with Gasteiger partial charge in [0.1, 0.15) is 0 Å². The number of rotatable bonds is 6. The van der Waals surface area contributed by atoms with Crippen molar-refractivity contribution in [1.82, 2.24) is 0 Å². The summed E-state index contributed by atoms with van der Waals surface area (Å²) in [6.07, 6.45) is 0.755. The van der Waals surface area contributed by atoms with E-state index < -0.39 is 5.60 Å². The summed E-state index contributed by atoms with van der Waals surface area (Å²) in [5, 5.41) is 9.69. The first-order chi connectivity index (χ1) is 8.37. The minimum Gasteiger partial charge on any atom is -0.493 e. The molecule has 0 atom stereocenters. The van der Waals surface area contributed by atoms with Crippen molar-refractivity contribution < 1.29 is 14.6 Å². The fourth-order valence-electron chi connectivity index (χ4n) is 1.53. The van der Waals surface area contributed by atoms with E-state index in [2.05, 4.69) is 0 Å². The van der Waals surface area contributed by atoms with Crippen molar-refractivity contribution in [2.75, 3.05) is 20.0 Å². The fraction of sp³-hybridized carbons (Fsp3) is 0.571. The van der Waals surface area contributed by atoms with Crippen molar-refractivity contribution in [2.45, 2.75) is 37.7 Å². The average Bonchev–Trinajstić information content (AvgIpc) is 2.29. The lowest BCUT2D eigenvalue weighted by atomic mass is 10.1. The zero-order valence-corrected chi connectivity index (χ0v) is 12.6. The van der Waals surface area contributed by atoms with Crippen molar-refractivity contribution >= 4 is 11.8 Å². The lowest BCUT2D eigenvalue weighted by Gasteiger charge is -2.17. The van der Waals surface area contributed by atoms with Gasteiger partial charge in [-0.3, -0.25) is 0 Å². The molecule has 1 aromatic carbocycles. The van der Waals surface area contributed by atoms with Crippen LogP contribution in [0.25, 0.3) is 0 Å². The molecule has 1 aromatic rings. The molecular weight excluding hydrogens is 248 g/mol. The Labute approximate surface area is 113 Å². The molecule has 0 saturated heterocycles. The van der Waals surface area contributed by atoms with E-state index in [0.29, 0.717) is 0 Å². The smallest absolute Gasteiger partial charge is 0.161 e. The topological polar surface area (TPSA) is 38.7 Å². The highest BCUT2D eigenvalue weighted by atomic mass is 32.2. The molecule has 0 amide bonds. The Bertz CT molecular complexity index is 397. The molecule has 0 aromatic heterocycles. The summed E-state index contributed by atoms with van der Waals surface area (Å²) in [5.41, 5.74) is 0.547. The van der Waals surface area contributed by atoms with Gasteiger partial charge in [0.2, 0.25) is 0 Å². The quantitative estimate of drug-likeness (QED) is 0.805. The highest BCUT2D eigenvalue weighted by molar-refractivity contribution is 7.99. The number of thioether (sulfide) groups is 1. The van der Waals surface area contributed by atoms with Crippen LogP contribution in [0.15, 0.2) is 17.0 Å². The third-order valence-corrected chi connectivity index (χ3v) is 3.81. The molecule has 0 saturated carbocycles. The Kier molecular flexibility index (Phi) is 5.35. The first-order valence-corrected chi connectivity index (χ1v) is 6.94. The fourth-order valence-corrected chi connectivity index (χ4v) is 2.83. The van der Waals surface area contributed by atoms with Gasteiger partial charge in [0.15, 0.2) is 11.5 Å². The minimum absolute atomic E-state index is 0.614. The summed E-state index contributed by atoms with van der Waals surface area (Å²) < 4.78 is 10.5. The van der Waals surface area contributed by atoms with Crippen LogP contribution in [-0.2, 0) is 0 Å². The summed E-state index contributed by atoms with van der Waals surface area (Å²) in [7, 11) is 3.27. The predicted octanol–water partition coefficient (Wildman–Crippen LogP) is 3.27. The lowest BCUT2D eigenvalue weighted by Crippen LogP contribution is -2.19. The molecule has 18 heavy (non-hydrogen) atoms. The van der Waals surface area contributed by atoms with Gasteiger partial charge in [-0.25, -0.2) is 0 Å². The van der Waals surface area contributed by atoms with Gasteiger partial charge in [0.05, 0.1) is 19.8 Å². The van der Waals surface area contributed by atoms with Crippen LogP contribution in [0, 0.1) is 6.92 Å². The molecule has 0 aliphatic carbocycles. The van der Waals surface area contributed by atoms with Crippen LogP contribution < -0.4 is 9.47 Å². The maximum absolute atomic E-state index is 9.69. The van der Waals surface area contributed by atoms with Gasteiger partial charge < -0.3 is 14.6 Å². The predicted molar refractivity (Wildman–Crippen MR) is 75.9 cm³/mol. The van der Waals surface area contributed by atoms with Crippen LogP contribution in [0.1, 0.15) is 25.8 Å². The van der Waals surface area contributed by atoms with Gasteiger partial charge in [-0.2, -0.15) is 0 Å². The zero-order valence-electron chi connectivity index (χ0n) is 11.7. The van der Waals surface area contributed by atoms with Crippen molar-refractivity contribution in [3.63, 3.8) is 0 Å². The highest BCUT2D eigenvalue weighted by Crippen LogP contribution is 2.35. The molecule has 0 fully saturated rings. The summed E-state index contributed by atoms with van der Waals surface area (Å²) >= 11 is 1.73. The molecule has 0 spiro atoms. The zero-order chi connectivity index (χ0) is 13.8. The second kappa shape index (κ2) is 6.34. The van der Waals surface area contributed by atoms with Crippen LogP contribution in [0.2, 0.25) is 0 Å². The highest BCUT2D eigenvalue weighted by Gasteiger charge is 2.13. The van der Waals surface area contributed by atoms with E-state index in [0.717, 1.165) is 34.1 Å². The van der Waals surface area contributed by atoms with E-state index in [1.54, 1.807) is 26.0 Å². The van der Waals surface area contributed by atoms with Gasteiger partial charge in [0.25, 0.3) is 0 Å². The molecule has 0 aliphatic rings. The molecule has 1 rings (SSSR count). The Morgan fingerprint density at radius 3 is 2.22 bits per heavy atom. The maximum Gasteiger partial charge on any atom is 0.161 e. The first-order valence-electron chi connectivity index (χ1n) is 5.95. The average molecular weight is 270 g/mol. The molecule has 0 aliphatic heterocycles. The second-order valence-electron chi connectivity index (χ2n) is 4.88. The van der Waals surface area contributed by atoms with Crippen molar-refractivity contribution in [3.8, 4) is 11.5 Å². The standard InChI is InChI=1S/C14H22O3S/c1-10-8-11(16-4)12(17-5)9-13(10)18-7-6-14(2,3)15/h8-9,15H,6-7H2,1-5H3. The van der Waals surface area contributed by atoms with E-state index in [-0.39, 0.29) is 0 Å². The molecule has 3 nitrogen and oxygen atoms in total. The van der Waals surface area contributed by atoms with Crippen LogP contribution in [0.5, 0.6) is 11.5 Å². The van der Waals surface area contributed by atoms with Crippen molar-refractivity contribution in [3.05, 3.63) is 17.7 Å². The van der Waals surface area contributed by atoms with E-state index in [9.17, 15) is 5.11 Å². The van der Waals surface area contributed by atoms with Gasteiger partial charge in [0, 0.05) is 10.6 Å². The summed E-state index contributed by atoms with van der Waals surface area (Å²) in [6, 6.07) is 3.97. The second-order valence-corrected chi connectivity index (χ2v) is 6.02. The number of benzene rings is 1. The van der Waals surface area contributed by atoms with E-state index >= 15 is 0 Å². The van der Waals surface area contributed by atoms with Crippen molar-refractivity contribution in [1.29, 1.82) is 0 Å². The minimum atomic E-state index is -0.614. The summed E-state index contributed by atoms with van der Waals surface area (Å²) in [5.74, 6) is 2.37. The third kappa shape index (κ3) is 4.42. The molecule has 4 heteroatoms. The number of methoxy groups -OCH3 is 2. The Hall–Kier alpha value is -0.870. The SMILES string of the molecule is COc1cc(C)c(SCCC(C)(C)O)cc1OC. The lowest BCUT2D eigenvalue weighted by molar-refractivity contribution is 0.0777. The van der Waals surface area contributed by atoms with Gasteiger partial charge in [-0.1, -0.05) is 0 Å². The van der Waals surface area contributed by atoms with Gasteiger partial charge >= 0.3 is 0 Å². The molecule has 1 N–H and O–H groups in total. The van der Waals surface area contributed by atoms with Gasteiger partial charge in [-0.05, 0) is 44.9 Å². The monoisotopic (exact) mass is 270 g/mol. The van der Waals surface area contributed by atoms with E-state index in [4.69, 9.17) is 9.47 Å². The molecular formula is C14H22O3S. The largest absolute Gasteiger partial charge is 0.493 e. The van der Waals surface area contributed by atoms with E-state index in [1.165, 1.54) is 0 Å². The number of hydrogen-bond donors (Lipinski definition) is 1. The molecule has 0 bridgehead atoms. The number of aliphatic hydroxyl groups is 1. The summed E-state index contributed by atoms with van der Waals surface area (Å²) in [4.78, 5) is 1.16. The van der Waals surface area contributed by atoms with E-state index in [1.807, 2.05) is 32.9 Å². The molecule has 102 valence electrons. The Morgan fingerprint density at radius 1 is 1.17 bits per heavy atom. The Balaban J connectivity index is 2.77. The van der Waals surface area contributed by atoms with Crippen LogP contribution in [0.4, 0.5) is 0 Å². The van der Waals surface area contributed by atoms with Crippen molar-refractivity contribution in [2.24, 2.45) is 0 Å². The molecule has 0 unspecified atom stereocenters. The number of hydrogen-bond acceptors (Lipinski definition) is 4. The van der Waals surface area contributed by atoms with Crippen LogP contribution >= 0.6 is 11.8 Å². The number of ether oxygens (including phenoxy) is 2. The summed E-state index contributed by atoms with van der Waals surface area (Å²) in [6.45, 7) is 5.71. The number of aryl methyl sites for hydroxylation is 1. The van der Waals surface area contributed by atoms with Crippen LogP contribution in [-0.4, -0.2) is 30.7 Å². The van der Waals surface area contributed by atoms with Gasteiger partial charge in [-0.15, -0.1) is 11.8 Å². The first kappa shape index (κ1) is 15.2. The maximum atomic E-state index is 9.69.